The summed E-state index contributed by atoms with van der Waals surface area (Å²) in [5.74, 6) is -0.721. The third-order valence-corrected chi connectivity index (χ3v) is 3.11. The van der Waals surface area contributed by atoms with Crippen molar-refractivity contribution in [3.05, 3.63) is 41.5 Å². The first-order chi connectivity index (χ1) is 11.1. The van der Waals surface area contributed by atoms with Gasteiger partial charge in [-0.15, -0.1) is 0 Å². The molecule has 0 aliphatic heterocycles. The summed E-state index contributed by atoms with van der Waals surface area (Å²) in [6.07, 6.45) is -1.96. The van der Waals surface area contributed by atoms with Crippen LogP contribution in [-0.4, -0.2) is 35.8 Å². The van der Waals surface area contributed by atoms with Crippen LogP contribution < -0.4 is 5.32 Å². The Hall–Kier alpha value is -2.31. The van der Waals surface area contributed by atoms with Gasteiger partial charge >= 0.3 is 6.18 Å². The zero-order chi connectivity index (χ0) is 18.3. The Labute approximate surface area is 139 Å². The predicted octanol–water partition coefficient (Wildman–Crippen LogP) is 3.09. The number of nitrogens with one attached hydrogen (secondary N) is 1. The van der Waals surface area contributed by atoms with Gasteiger partial charge in [0.1, 0.15) is 0 Å². The molecule has 2 amide bonds. The summed E-state index contributed by atoms with van der Waals surface area (Å²) in [4.78, 5) is 25.1. The van der Waals surface area contributed by atoms with Gasteiger partial charge in [0.15, 0.2) is 0 Å². The zero-order valence-electron chi connectivity index (χ0n) is 13.9. The maximum atomic E-state index is 12.7. The fourth-order valence-electron chi connectivity index (χ4n) is 1.98. The smallest absolute Gasteiger partial charge is 0.352 e. The minimum absolute atomic E-state index is 0.0352. The third-order valence-electron chi connectivity index (χ3n) is 3.11. The molecule has 1 aromatic carbocycles. The second-order valence-electron chi connectivity index (χ2n) is 5.53. The topological polar surface area (TPSA) is 49.4 Å². The molecule has 0 bridgehead atoms. The molecule has 0 saturated carbocycles. The van der Waals surface area contributed by atoms with Gasteiger partial charge in [-0.2, -0.15) is 13.2 Å². The minimum Gasteiger partial charge on any atom is -0.352 e. The summed E-state index contributed by atoms with van der Waals surface area (Å²) in [6.45, 7) is 5.56. The molecule has 0 aromatic heterocycles. The Bertz CT molecular complexity index is 610. The molecule has 0 saturated heterocycles. The molecule has 7 heteroatoms. The quantitative estimate of drug-likeness (QED) is 0.808. The summed E-state index contributed by atoms with van der Waals surface area (Å²) in [5.41, 5.74) is -0.512. The highest BCUT2D eigenvalue weighted by Gasteiger charge is 2.30. The SMILES string of the molecule is CCN(CC(=O)NC(C)C)C(=O)/C=C/c1cccc(C(F)(F)F)c1. The monoisotopic (exact) mass is 342 g/mol. The van der Waals surface area contributed by atoms with Gasteiger partial charge in [-0.1, -0.05) is 12.1 Å². The number of rotatable bonds is 6. The highest BCUT2D eigenvalue weighted by molar-refractivity contribution is 5.94. The molecule has 4 nitrogen and oxygen atoms in total. The Balaban J connectivity index is 2.78. The number of nitrogens with zero attached hydrogens (tertiary/aromatic N) is 1. The van der Waals surface area contributed by atoms with Crippen molar-refractivity contribution >= 4 is 17.9 Å². The Kier molecular flexibility index (Phi) is 7.00. The first kappa shape index (κ1) is 19.7. The van der Waals surface area contributed by atoms with E-state index in [2.05, 4.69) is 5.32 Å². The highest BCUT2D eigenvalue weighted by Crippen LogP contribution is 2.29. The van der Waals surface area contributed by atoms with E-state index in [0.717, 1.165) is 12.1 Å². The van der Waals surface area contributed by atoms with Gasteiger partial charge in [0.25, 0.3) is 0 Å². The Morgan fingerprint density at radius 1 is 1.29 bits per heavy atom. The average molecular weight is 342 g/mol. The number of carbonyl (C=O) groups is 2. The molecule has 0 aliphatic carbocycles. The molecule has 0 heterocycles. The molecule has 0 spiro atoms. The van der Waals surface area contributed by atoms with Crippen LogP contribution in [0.1, 0.15) is 31.9 Å². The Morgan fingerprint density at radius 2 is 1.96 bits per heavy atom. The van der Waals surface area contributed by atoms with Crippen LogP contribution in [0.5, 0.6) is 0 Å². The van der Waals surface area contributed by atoms with Gasteiger partial charge < -0.3 is 10.2 Å². The second kappa shape index (κ2) is 8.52. The number of amides is 2. The largest absolute Gasteiger partial charge is 0.416 e. The first-order valence-corrected chi connectivity index (χ1v) is 7.57. The van der Waals surface area contributed by atoms with E-state index in [9.17, 15) is 22.8 Å². The van der Waals surface area contributed by atoms with Crippen molar-refractivity contribution in [3.63, 3.8) is 0 Å². The summed E-state index contributed by atoms with van der Waals surface area (Å²) in [7, 11) is 0. The number of hydrogen-bond donors (Lipinski definition) is 1. The summed E-state index contributed by atoms with van der Waals surface area (Å²) < 4.78 is 38.0. The van der Waals surface area contributed by atoms with Crippen molar-refractivity contribution in [2.45, 2.75) is 33.0 Å². The lowest BCUT2D eigenvalue weighted by Gasteiger charge is -2.19. The van der Waals surface area contributed by atoms with Gasteiger partial charge in [-0.25, -0.2) is 0 Å². The van der Waals surface area contributed by atoms with Crippen LogP contribution in [0.4, 0.5) is 13.2 Å². The van der Waals surface area contributed by atoms with Crippen molar-refractivity contribution in [2.75, 3.05) is 13.1 Å². The number of carbonyl (C=O) groups excluding carboxylic acids is 2. The molecule has 24 heavy (non-hydrogen) atoms. The van der Waals surface area contributed by atoms with Crippen molar-refractivity contribution in [3.8, 4) is 0 Å². The summed E-state index contributed by atoms with van der Waals surface area (Å²) in [6, 6.07) is 4.65. The van der Waals surface area contributed by atoms with E-state index in [1.807, 2.05) is 13.8 Å². The lowest BCUT2D eigenvalue weighted by Crippen LogP contribution is -2.42. The molecule has 0 fully saturated rings. The van der Waals surface area contributed by atoms with Crippen LogP contribution in [0.15, 0.2) is 30.3 Å². The lowest BCUT2D eigenvalue weighted by molar-refractivity contribution is -0.137. The van der Waals surface area contributed by atoms with E-state index in [1.165, 1.54) is 29.2 Å². The molecular weight excluding hydrogens is 321 g/mol. The van der Waals surface area contributed by atoms with E-state index in [1.54, 1.807) is 6.92 Å². The number of halogens is 3. The molecule has 1 N–H and O–H groups in total. The van der Waals surface area contributed by atoms with Crippen molar-refractivity contribution in [2.24, 2.45) is 0 Å². The van der Waals surface area contributed by atoms with Crippen LogP contribution in [0, 0.1) is 0 Å². The molecule has 1 aromatic rings. The van der Waals surface area contributed by atoms with E-state index >= 15 is 0 Å². The maximum Gasteiger partial charge on any atom is 0.416 e. The number of alkyl halides is 3. The van der Waals surface area contributed by atoms with Gasteiger partial charge in [-0.3, -0.25) is 9.59 Å². The molecular formula is C17H21F3N2O2. The molecule has 132 valence electrons. The van der Waals surface area contributed by atoms with E-state index in [0.29, 0.717) is 6.54 Å². The van der Waals surface area contributed by atoms with Crippen LogP contribution in [0.2, 0.25) is 0 Å². The molecule has 1 rings (SSSR count). The predicted molar refractivity (Wildman–Crippen MR) is 86.0 cm³/mol. The molecule has 0 atom stereocenters. The third kappa shape index (κ3) is 6.44. The van der Waals surface area contributed by atoms with Gasteiger partial charge in [0.2, 0.25) is 11.8 Å². The minimum atomic E-state index is -4.43. The van der Waals surface area contributed by atoms with Crippen LogP contribution in [-0.2, 0) is 15.8 Å². The van der Waals surface area contributed by atoms with Gasteiger partial charge in [0, 0.05) is 18.7 Å². The number of hydrogen-bond acceptors (Lipinski definition) is 2. The first-order valence-electron chi connectivity index (χ1n) is 7.57. The average Bonchev–Trinajstić information content (AvgIpc) is 2.49. The summed E-state index contributed by atoms with van der Waals surface area (Å²) in [5, 5.41) is 2.68. The van der Waals surface area contributed by atoms with Crippen molar-refractivity contribution in [1.29, 1.82) is 0 Å². The van der Waals surface area contributed by atoms with E-state index in [-0.39, 0.29) is 24.1 Å². The summed E-state index contributed by atoms with van der Waals surface area (Å²) >= 11 is 0. The fourth-order valence-corrected chi connectivity index (χ4v) is 1.98. The lowest BCUT2D eigenvalue weighted by atomic mass is 10.1. The molecule has 0 aliphatic rings. The molecule has 0 radical (unpaired) electrons. The molecule has 0 unspecified atom stereocenters. The number of benzene rings is 1. The van der Waals surface area contributed by atoms with Crippen molar-refractivity contribution < 1.29 is 22.8 Å². The van der Waals surface area contributed by atoms with E-state index < -0.39 is 17.6 Å². The fraction of sp³-hybridized carbons (Fsp3) is 0.412. The standard InChI is InChI=1S/C17H21F3N2O2/c1-4-22(11-15(23)21-12(2)3)16(24)9-8-13-6-5-7-14(10-13)17(18,19)20/h5-10,12H,4,11H2,1-3H3,(H,21,23)/b9-8+. The van der Waals surface area contributed by atoms with Crippen LogP contribution >= 0.6 is 0 Å². The maximum absolute atomic E-state index is 12.7. The van der Waals surface area contributed by atoms with Crippen molar-refractivity contribution in [1.82, 2.24) is 10.2 Å². The normalized spacial score (nSPS) is 11.8. The van der Waals surface area contributed by atoms with Gasteiger partial charge in [-0.05, 0) is 44.5 Å². The zero-order valence-corrected chi connectivity index (χ0v) is 13.9. The van der Waals surface area contributed by atoms with E-state index in [4.69, 9.17) is 0 Å². The highest BCUT2D eigenvalue weighted by atomic mass is 19.4. The Morgan fingerprint density at radius 3 is 2.50 bits per heavy atom. The van der Waals surface area contributed by atoms with Crippen LogP contribution in [0.3, 0.4) is 0 Å². The van der Waals surface area contributed by atoms with Crippen LogP contribution in [0.25, 0.3) is 6.08 Å². The van der Waals surface area contributed by atoms with Gasteiger partial charge in [0.05, 0.1) is 12.1 Å². The number of likely N-dealkylation sites (N-methyl/N-ethyl adjacent to an activating group) is 1. The second-order valence-corrected chi connectivity index (χ2v) is 5.53.